The Morgan fingerprint density at radius 1 is 1.25 bits per heavy atom. The van der Waals surface area contributed by atoms with Crippen molar-refractivity contribution < 1.29 is 0 Å². The second-order valence-electron chi connectivity index (χ2n) is 3.81. The lowest BCUT2D eigenvalue weighted by Gasteiger charge is -2.05. The maximum atomic E-state index is 5.50. The van der Waals surface area contributed by atoms with E-state index in [1.807, 2.05) is 6.07 Å². The summed E-state index contributed by atoms with van der Waals surface area (Å²) in [6.45, 7) is 5.33. The number of nitrogens with zero attached hydrogens (tertiary/aromatic N) is 4. The highest BCUT2D eigenvalue weighted by Crippen LogP contribution is 2.19. The van der Waals surface area contributed by atoms with Crippen LogP contribution >= 0.6 is 0 Å². The molecule has 0 saturated heterocycles. The average molecular weight is 217 g/mol. The molecule has 0 aliphatic rings. The molecule has 2 N–H and O–H groups in total. The first-order valence-electron chi connectivity index (χ1n) is 5.26. The molecular formula is C11H15N5. The summed E-state index contributed by atoms with van der Waals surface area (Å²) in [5.74, 6) is 0.772. The Labute approximate surface area is 94.3 Å². The molecule has 0 bridgehead atoms. The minimum Gasteiger partial charge on any atom is -0.329 e. The summed E-state index contributed by atoms with van der Waals surface area (Å²) in [6.07, 6.45) is 0. The molecule has 1 aromatic carbocycles. The standard InChI is InChI=1S/C11H15N5/c1-8-3-4-10(7-9(8)2)11-13-14-15-16(11)6-5-12/h3-4,7H,5-6,12H2,1-2H3. The molecule has 2 rings (SSSR count). The summed E-state index contributed by atoms with van der Waals surface area (Å²) in [7, 11) is 0. The van der Waals surface area contributed by atoms with Gasteiger partial charge in [0.1, 0.15) is 0 Å². The van der Waals surface area contributed by atoms with Gasteiger partial charge in [-0.25, -0.2) is 4.68 Å². The zero-order chi connectivity index (χ0) is 11.5. The van der Waals surface area contributed by atoms with Crippen LogP contribution in [0.25, 0.3) is 11.4 Å². The van der Waals surface area contributed by atoms with Gasteiger partial charge in [0.25, 0.3) is 0 Å². The van der Waals surface area contributed by atoms with Gasteiger partial charge in [0, 0.05) is 12.1 Å². The first kappa shape index (κ1) is 10.8. The van der Waals surface area contributed by atoms with Gasteiger partial charge in [-0.1, -0.05) is 12.1 Å². The van der Waals surface area contributed by atoms with Crippen LogP contribution in [0, 0.1) is 13.8 Å². The zero-order valence-corrected chi connectivity index (χ0v) is 9.51. The fourth-order valence-corrected chi connectivity index (χ4v) is 1.56. The minimum absolute atomic E-state index is 0.531. The Hall–Kier alpha value is -1.75. The van der Waals surface area contributed by atoms with Crippen LogP contribution in [0.4, 0.5) is 0 Å². The SMILES string of the molecule is Cc1ccc(-c2nnnn2CCN)cc1C. The molecule has 0 aliphatic heterocycles. The number of aryl methyl sites for hydroxylation is 2. The van der Waals surface area contributed by atoms with E-state index < -0.39 is 0 Å². The fraction of sp³-hybridized carbons (Fsp3) is 0.364. The molecule has 5 heteroatoms. The quantitative estimate of drug-likeness (QED) is 0.829. The Morgan fingerprint density at radius 3 is 2.75 bits per heavy atom. The highest BCUT2D eigenvalue weighted by molar-refractivity contribution is 5.56. The predicted molar refractivity (Wildman–Crippen MR) is 61.8 cm³/mol. The third-order valence-electron chi connectivity index (χ3n) is 2.64. The number of hydrogen-bond donors (Lipinski definition) is 1. The monoisotopic (exact) mass is 217 g/mol. The largest absolute Gasteiger partial charge is 0.329 e. The predicted octanol–water partition coefficient (Wildman–Crippen LogP) is 0.916. The van der Waals surface area contributed by atoms with E-state index in [1.54, 1.807) is 4.68 Å². The average Bonchev–Trinajstić information content (AvgIpc) is 2.71. The van der Waals surface area contributed by atoms with Crippen LogP contribution in [0.1, 0.15) is 11.1 Å². The van der Waals surface area contributed by atoms with Crippen molar-refractivity contribution in [2.75, 3.05) is 6.54 Å². The molecule has 84 valence electrons. The van der Waals surface area contributed by atoms with Crippen LogP contribution in [0.15, 0.2) is 18.2 Å². The van der Waals surface area contributed by atoms with Gasteiger partial charge in [-0.05, 0) is 41.5 Å². The Bertz CT molecular complexity index is 489. The van der Waals surface area contributed by atoms with Crippen molar-refractivity contribution in [2.24, 2.45) is 5.73 Å². The van der Waals surface area contributed by atoms with Crippen molar-refractivity contribution in [2.45, 2.75) is 20.4 Å². The molecule has 2 aromatic rings. The smallest absolute Gasteiger partial charge is 0.182 e. The summed E-state index contributed by atoms with van der Waals surface area (Å²) in [5, 5.41) is 11.6. The number of aromatic nitrogens is 4. The number of benzene rings is 1. The van der Waals surface area contributed by atoms with Crippen molar-refractivity contribution in [3.8, 4) is 11.4 Å². The summed E-state index contributed by atoms with van der Waals surface area (Å²) in [5.41, 5.74) is 9.03. The van der Waals surface area contributed by atoms with E-state index in [-0.39, 0.29) is 0 Å². The van der Waals surface area contributed by atoms with E-state index in [1.165, 1.54) is 11.1 Å². The van der Waals surface area contributed by atoms with Crippen LogP contribution < -0.4 is 5.73 Å². The van der Waals surface area contributed by atoms with Gasteiger partial charge in [0.2, 0.25) is 0 Å². The van der Waals surface area contributed by atoms with Crippen LogP contribution in [0.3, 0.4) is 0 Å². The second kappa shape index (κ2) is 4.40. The van der Waals surface area contributed by atoms with Gasteiger partial charge in [-0.3, -0.25) is 0 Å². The third-order valence-corrected chi connectivity index (χ3v) is 2.64. The first-order chi connectivity index (χ1) is 7.72. The molecule has 1 heterocycles. The Balaban J connectivity index is 2.42. The van der Waals surface area contributed by atoms with Crippen LogP contribution in [0.2, 0.25) is 0 Å². The van der Waals surface area contributed by atoms with E-state index in [4.69, 9.17) is 5.73 Å². The molecule has 5 nitrogen and oxygen atoms in total. The third kappa shape index (κ3) is 1.94. The Kier molecular flexibility index (Phi) is 2.96. The van der Waals surface area contributed by atoms with Crippen LogP contribution in [-0.4, -0.2) is 26.8 Å². The molecule has 0 radical (unpaired) electrons. The summed E-state index contributed by atoms with van der Waals surface area (Å²) in [6, 6.07) is 6.20. The fourth-order valence-electron chi connectivity index (χ4n) is 1.56. The topological polar surface area (TPSA) is 69.6 Å². The van der Waals surface area contributed by atoms with E-state index in [0.717, 1.165) is 11.4 Å². The Morgan fingerprint density at radius 2 is 2.06 bits per heavy atom. The molecule has 16 heavy (non-hydrogen) atoms. The number of tetrazole rings is 1. The van der Waals surface area contributed by atoms with Gasteiger partial charge in [0.05, 0.1) is 6.54 Å². The first-order valence-corrected chi connectivity index (χ1v) is 5.26. The molecule has 0 amide bonds. The normalized spacial score (nSPS) is 10.7. The van der Waals surface area contributed by atoms with Gasteiger partial charge < -0.3 is 5.73 Å². The van der Waals surface area contributed by atoms with Crippen molar-refractivity contribution in [3.05, 3.63) is 29.3 Å². The van der Waals surface area contributed by atoms with Crippen LogP contribution in [0.5, 0.6) is 0 Å². The number of rotatable bonds is 3. The lowest BCUT2D eigenvalue weighted by Crippen LogP contribution is -2.12. The molecular weight excluding hydrogens is 202 g/mol. The molecule has 0 atom stereocenters. The van der Waals surface area contributed by atoms with Crippen molar-refractivity contribution in [1.29, 1.82) is 0 Å². The van der Waals surface area contributed by atoms with Crippen LogP contribution in [-0.2, 0) is 6.54 Å². The van der Waals surface area contributed by atoms with Gasteiger partial charge in [-0.15, -0.1) is 5.10 Å². The maximum Gasteiger partial charge on any atom is 0.182 e. The lowest BCUT2D eigenvalue weighted by molar-refractivity contribution is 0.603. The molecule has 0 spiro atoms. The van der Waals surface area contributed by atoms with Gasteiger partial charge >= 0.3 is 0 Å². The van der Waals surface area contributed by atoms with E-state index in [0.29, 0.717) is 13.1 Å². The maximum absolute atomic E-state index is 5.50. The molecule has 1 aromatic heterocycles. The minimum atomic E-state index is 0.531. The molecule has 0 unspecified atom stereocenters. The van der Waals surface area contributed by atoms with Gasteiger partial charge in [0.15, 0.2) is 5.82 Å². The highest BCUT2D eigenvalue weighted by Gasteiger charge is 2.08. The van der Waals surface area contributed by atoms with Crippen molar-refractivity contribution >= 4 is 0 Å². The second-order valence-corrected chi connectivity index (χ2v) is 3.81. The molecule has 0 aliphatic carbocycles. The summed E-state index contributed by atoms with van der Waals surface area (Å²) >= 11 is 0. The van der Waals surface area contributed by atoms with Crippen molar-refractivity contribution in [3.63, 3.8) is 0 Å². The summed E-state index contributed by atoms with van der Waals surface area (Å²) in [4.78, 5) is 0. The number of nitrogens with two attached hydrogens (primary N) is 1. The molecule has 0 fully saturated rings. The zero-order valence-electron chi connectivity index (χ0n) is 9.51. The lowest BCUT2D eigenvalue weighted by atomic mass is 10.1. The van der Waals surface area contributed by atoms with Crippen molar-refractivity contribution in [1.82, 2.24) is 20.2 Å². The van der Waals surface area contributed by atoms with Gasteiger partial charge in [-0.2, -0.15) is 0 Å². The highest BCUT2D eigenvalue weighted by atomic mass is 15.5. The number of hydrogen-bond acceptors (Lipinski definition) is 4. The molecule has 0 saturated carbocycles. The van der Waals surface area contributed by atoms with E-state index in [2.05, 4.69) is 41.5 Å². The van der Waals surface area contributed by atoms with E-state index in [9.17, 15) is 0 Å². The van der Waals surface area contributed by atoms with E-state index >= 15 is 0 Å². The summed E-state index contributed by atoms with van der Waals surface area (Å²) < 4.78 is 1.73.